The summed E-state index contributed by atoms with van der Waals surface area (Å²) in [7, 11) is 1.21. The van der Waals surface area contributed by atoms with Gasteiger partial charge in [-0.1, -0.05) is 0 Å². The van der Waals surface area contributed by atoms with Crippen LogP contribution in [0, 0.1) is 6.92 Å². The summed E-state index contributed by atoms with van der Waals surface area (Å²) >= 11 is 0. The van der Waals surface area contributed by atoms with Gasteiger partial charge in [-0.25, -0.2) is 14.8 Å². The highest BCUT2D eigenvalue weighted by molar-refractivity contribution is 5.76. The maximum atomic E-state index is 10.9. The van der Waals surface area contributed by atoms with Crippen molar-refractivity contribution in [3.63, 3.8) is 0 Å². The van der Waals surface area contributed by atoms with Gasteiger partial charge >= 0.3 is 5.97 Å². The van der Waals surface area contributed by atoms with Crippen LogP contribution in [0.5, 0.6) is 0 Å². The summed E-state index contributed by atoms with van der Waals surface area (Å²) in [6, 6.07) is 0. The number of hydrogen-bond acceptors (Lipinski definition) is 5. The zero-order valence-electron chi connectivity index (χ0n) is 7.39. The van der Waals surface area contributed by atoms with Gasteiger partial charge in [0, 0.05) is 17.5 Å². The van der Waals surface area contributed by atoms with Crippen molar-refractivity contribution in [2.24, 2.45) is 0 Å². The molecule has 0 bridgehead atoms. The van der Waals surface area contributed by atoms with Gasteiger partial charge in [0.1, 0.15) is 6.33 Å². The lowest BCUT2D eigenvalue weighted by Crippen LogP contribution is -2.15. The summed E-state index contributed by atoms with van der Waals surface area (Å²) < 4.78 is 4.38. The van der Waals surface area contributed by atoms with Gasteiger partial charge in [0.2, 0.25) is 0 Å². The predicted octanol–water partition coefficient (Wildman–Crippen LogP) is -0.00858. The average Bonchev–Trinajstić information content (AvgIpc) is 2.16. The van der Waals surface area contributed by atoms with Crippen LogP contribution in [-0.2, 0) is 9.53 Å². The van der Waals surface area contributed by atoms with Gasteiger partial charge in [-0.2, -0.15) is 0 Å². The van der Waals surface area contributed by atoms with Crippen molar-refractivity contribution in [3.05, 3.63) is 23.8 Å². The van der Waals surface area contributed by atoms with E-state index < -0.39 is 12.1 Å². The van der Waals surface area contributed by atoms with E-state index in [1.165, 1.54) is 19.6 Å². The van der Waals surface area contributed by atoms with Crippen molar-refractivity contribution in [3.8, 4) is 0 Å². The van der Waals surface area contributed by atoms with Gasteiger partial charge in [0.15, 0.2) is 6.10 Å². The maximum absolute atomic E-state index is 10.9. The Hall–Kier alpha value is -1.49. The first kappa shape index (κ1) is 9.60. The largest absolute Gasteiger partial charge is 0.467 e. The standard InChI is InChI=1S/C8H10N2O3/c1-5-6(3-9-4-10-5)7(11)8(12)13-2/h3-4,7,11H,1-2H3. The molecule has 1 rings (SSSR count). The molecular weight excluding hydrogens is 172 g/mol. The number of rotatable bonds is 2. The van der Waals surface area contributed by atoms with Crippen molar-refractivity contribution < 1.29 is 14.6 Å². The van der Waals surface area contributed by atoms with Crippen molar-refractivity contribution in [1.29, 1.82) is 0 Å². The van der Waals surface area contributed by atoms with E-state index in [0.717, 1.165) is 0 Å². The smallest absolute Gasteiger partial charge is 0.339 e. The lowest BCUT2D eigenvalue weighted by Gasteiger charge is -2.09. The van der Waals surface area contributed by atoms with Gasteiger partial charge in [0.05, 0.1) is 7.11 Å². The van der Waals surface area contributed by atoms with Crippen LogP contribution >= 0.6 is 0 Å². The number of aromatic nitrogens is 2. The Bertz CT molecular complexity index is 314. The number of carbonyl (C=O) groups is 1. The summed E-state index contributed by atoms with van der Waals surface area (Å²) in [5.41, 5.74) is 0.933. The number of hydrogen-bond donors (Lipinski definition) is 1. The van der Waals surface area contributed by atoms with E-state index in [4.69, 9.17) is 0 Å². The average molecular weight is 182 g/mol. The molecule has 0 aliphatic rings. The zero-order chi connectivity index (χ0) is 9.84. The Morgan fingerprint density at radius 2 is 2.38 bits per heavy atom. The second-order valence-electron chi connectivity index (χ2n) is 2.49. The van der Waals surface area contributed by atoms with Crippen LogP contribution in [0.4, 0.5) is 0 Å². The number of ether oxygens (including phenoxy) is 1. The third-order valence-electron chi connectivity index (χ3n) is 1.67. The molecule has 1 aromatic heterocycles. The summed E-state index contributed by atoms with van der Waals surface area (Å²) in [5, 5.41) is 9.42. The van der Waals surface area contributed by atoms with Gasteiger partial charge in [0.25, 0.3) is 0 Å². The Labute approximate surface area is 75.4 Å². The summed E-state index contributed by atoms with van der Waals surface area (Å²) in [5.74, 6) is -0.710. The number of aliphatic hydroxyl groups excluding tert-OH is 1. The van der Waals surface area contributed by atoms with Crippen LogP contribution in [0.15, 0.2) is 12.5 Å². The Morgan fingerprint density at radius 1 is 1.69 bits per heavy atom. The Morgan fingerprint density at radius 3 is 2.92 bits per heavy atom. The minimum atomic E-state index is -1.30. The molecule has 0 aliphatic heterocycles. The molecule has 70 valence electrons. The molecule has 0 fully saturated rings. The number of esters is 1. The van der Waals surface area contributed by atoms with E-state index in [2.05, 4.69) is 14.7 Å². The second-order valence-corrected chi connectivity index (χ2v) is 2.49. The molecule has 1 atom stereocenters. The molecule has 0 radical (unpaired) electrons. The minimum absolute atomic E-state index is 0.370. The fourth-order valence-electron chi connectivity index (χ4n) is 0.909. The maximum Gasteiger partial charge on any atom is 0.339 e. The highest BCUT2D eigenvalue weighted by Crippen LogP contribution is 2.14. The van der Waals surface area contributed by atoms with Crippen LogP contribution in [0.1, 0.15) is 17.4 Å². The van der Waals surface area contributed by atoms with Crippen molar-refractivity contribution in [1.82, 2.24) is 9.97 Å². The van der Waals surface area contributed by atoms with Crippen LogP contribution < -0.4 is 0 Å². The normalized spacial score (nSPS) is 12.2. The van der Waals surface area contributed by atoms with E-state index in [1.807, 2.05) is 0 Å². The fraction of sp³-hybridized carbons (Fsp3) is 0.375. The molecule has 1 aromatic rings. The number of carbonyl (C=O) groups excluding carboxylic acids is 1. The number of nitrogens with zero attached hydrogens (tertiary/aromatic N) is 2. The molecule has 0 spiro atoms. The third-order valence-corrected chi connectivity index (χ3v) is 1.67. The SMILES string of the molecule is COC(=O)C(O)c1cncnc1C. The first-order valence-electron chi connectivity index (χ1n) is 3.69. The van der Waals surface area contributed by atoms with Crippen molar-refractivity contribution >= 4 is 5.97 Å². The van der Waals surface area contributed by atoms with Gasteiger partial charge in [-0.3, -0.25) is 0 Å². The number of aliphatic hydroxyl groups is 1. The molecule has 0 aromatic carbocycles. The number of methoxy groups -OCH3 is 1. The minimum Gasteiger partial charge on any atom is -0.467 e. The highest BCUT2D eigenvalue weighted by atomic mass is 16.5. The van der Waals surface area contributed by atoms with Crippen LogP contribution in [-0.4, -0.2) is 28.2 Å². The summed E-state index contributed by atoms with van der Waals surface area (Å²) in [4.78, 5) is 18.5. The molecule has 1 unspecified atom stereocenters. The topological polar surface area (TPSA) is 72.3 Å². The first-order valence-corrected chi connectivity index (χ1v) is 3.69. The van der Waals surface area contributed by atoms with E-state index in [-0.39, 0.29) is 0 Å². The van der Waals surface area contributed by atoms with Crippen molar-refractivity contribution in [2.45, 2.75) is 13.0 Å². The molecule has 0 aliphatic carbocycles. The predicted molar refractivity (Wildman–Crippen MR) is 43.7 cm³/mol. The lowest BCUT2D eigenvalue weighted by atomic mass is 10.1. The van der Waals surface area contributed by atoms with Crippen molar-refractivity contribution in [2.75, 3.05) is 7.11 Å². The number of aryl methyl sites for hydroxylation is 1. The molecule has 13 heavy (non-hydrogen) atoms. The van der Waals surface area contributed by atoms with E-state index in [0.29, 0.717) is 11.3 Å². The molecule has 5 nitrogen and oxygen atoms in total. The van der Waals surface area contributed by atoms with Crippen LogP contribution in [0.2, 0.25) is 0 Å². The monoisotopic (exact) mass is 182 g/mol. The van der Waals surface area contributed by atoms with Gasteiger partial charge in [-0.05, 0) is 6.92 Å². The highest BCUT2D eigenvalue weighted by Gasteiger charge is 2.20. The van der Waals surface area contributed by atoms with Gasteiger partial charge < -0.3 is 9.84 Å². The summed E-state index contributed by atoms with van der Waals surface area (Å²) in [6.45, 7) is 1.68. The summed E-state index contributed by atoms with van der Waals surface area (Å²) in [6.07, 6.45) is 1.44. The van der Waals surface area contributed by atoms with Gasteiger partial charge in [-0.15, -0.1) is 0 Å². The molecule has 0 saturated heterocycles. The molecule has 1 N–H and O–H groups in total. The first-order chi connectivity index (χ1) is 6.16. The fourth-order valence-corrected chi connectivity index (χ4v) is 0.909. The molecule has 5 heteroatoms. The zero-order valence-corrected chi connectivity index (χ0v) is 7.39. The van der Waals surface area contributed by atoms with E-state index in [9.17, 15) is 9.90 Å². The Kier molecular flexibility index (Phi) is 2.92. The lowest BCUT2D eigenvalue weighted by molar-refractivity contribution is -0.150. The Balaban J connectivity index is 2.95. The van der Waals surface area contributed by atoms with E-state index >= 15 is 0 Å². The van der Waals surface area contributed by atoms with E-state index in [1.54, 1.807) is 6.92 Å². The molecule has 1 heterocycles. The molecule has 0 amide bonds. The molecule has 0 saturated carbocycles. The van der Waals surface area contributed by atoms with Crippen LogP contribution in [0.25, 0.3) is 0 Å². The second kappa shape index (κ2) is 3.95. The molecular formula is C8H10N2O3. The van der Waals surface area contributed by atoms with Crippen LogP contribution in [0.3, 0.4) is 0 Å². The quantitative estimate of drug-likeness (QED) is 0.651. The third kappa shape index (κ3) is 2.00.